The van der Waals surface area contributed by atoms with Gasteiger partial charge in [0, 0.05) is 18.8 Å². The molecule has 0 aliphatic rings. The molecule has 0 bridgehead atoms. The second kappa shape index (κ2) is 19.3. The van der Waals surface area contributed by atoms with Gasteiger partial charge in [-0.3, -0.25) is 24.2 Å². The maximum atomic E-state index is 13.7. The fourth-order valence-corrected chi connectivity index (χ4v) is 5.26. The summed E-state index contributed by atoms with van der Waals surface area (Å²) in [6.07, 6.45) is 4.23. The van der Waals surface area contributed by atoms with Crippen LogP contribution in [0.25, 0.3) is 0 Å². The number of hydrogen-bond donors (Lipinski definition) is 7. The summed E-state index contributed by atoms with van der Waals surface area (Å²) in [6.45, 7) is 7.97. The minimum absolute atomic E-state index is 0.0535. The monoisotopic (exact) mass is 662 g/mol. The lowest BCUT2D eigenvalue weighted by atomic mass is 9.96. The number of nitrogens with one attached hydrogen (secondary N) is 5. The van der Waals surface area contributed by atoms with Crippen molar-refractivity contribution in [1.82, 2.24) is 36.2 Å². The first-order valence-electron chi connectivity index (χ1n) is 16.4. The second-order valence-corrected chi connectivity index (χ2v) is 12.9. The number of amides is 4. The number of aromatic amines is 1. The van der Waals surface area contributed by atoms with Gasteiger partial charge in [-0.15, -0.1) is 0 Å². The Hall–Kier alpha value is -4.62. The zero-order chi connectivity index (χ0) is 35.1. The summed E-state index contributed by atoms with van der Waals surface area (Å²) < 4.78 is 0. The van der Waals surface area contributed by atoms with Crippen LogP contribution in [0.15, 0.2) is 67.3 Å². The number of benzene rings is 1. The number of carbonyl (C=O) groups excluding carboxylic acids is 4. The van der Waals surface area contributed by atoms with Gasteiger partial charge >= 0.3 is 0 Å². The van der Waals surface area contributed by atoms with Crippen molar-refractivity contribution in [3.8, 4) is 0 Å². The molecule has 0 saturated heterocycles. The van der Waals surface area contributed by atoms with Crippen molar-refractivity contribution in [1.29, 1.82) is 0 Å². The number of pyridine rings is 1. The molecule has 0 aliphatic carbocycles. The maximum absolute atomic E-state index is 13.7. The van der Waals surface area contributed by atoms with E-state index in [-0.39, 0.29) is 43.6 Å². The number of H-pyrrole nitrogens is 1. The molecule has 1 aromatic carbocycles. The summed E-state index contributed by atoms with van der Waals surface area (Å²) in [7, 11) is 0. The molecule has 48 heavy (non-hydrogen) atoms. The van der Waals surface area contributed by atoms with Crippen LogP contribution in [0.2, 0.25) is 0 Å². The van der Waals surface area contributed by atoms with Crippen LogP contribution in [0, 0.1) is 11.8 Å². The molecule has 0 radical (unpaired) electrons. The van der Waals surface area contributed by atoms with E-state index in [1.165, 1.54) is 6.33 Å². The topological polar surface area (TPSA) is 204 Å². The lowest BCUT2D eigenvalue weighted by Crippen LogP contribution is -2.56. The van der Waals surface area contributed by atoms with Crippen molar-refractivity contribution in [2.75, 3.05) is 0 Å². The van der Waals surface area contributed by atoms with Crippen molar-refractivity contribution in [2.45, 2.75) is 96.6 Å². The molecule has 4 amide bonds. The van der Waals surface area contributed by atoms with Gasteiger partial charge in [-0.05, 0) is 48.8 Å². The molecule has 260 valence electrons. The smallest absolute Gasteiger partial charge is 0.243 e. The molecule has 2 heterocycles. The number of carbonyl (C=O) groups is 4. The van der Waals surface area contributed by atoms with Crippen molar-refractivity contribution >= 4 is 23.6 Å². The highest BCUT2D eigenvalue weighted by atomic mass is 16.3. The fraction of sp³-hybridized carbons (Fsp3) is 0.486. The molecule has 2 aromatic heterocycles. The Morgan fingerprint density at radius 1 is 0.792 bits per heavy atom. The molecule has 8 N–H and O–H groups in total. The van der Waals surface area contributed by atoms with Crippen molar-refractivity contribution < 1.29 is 24.3 Å². The number of nitrogens with two attached hydrogens (primary N) is 1. The molecule has 0 unspecified atom stereocenters. The predicted octanol–water partition coefficient (Wildman–Crippen LogP) is 1.53. The van der Waals surface area contributed by atoms with Gasteiger partial charge in [0.25, 0.3) is 0 Å². The second-order valence-electron chi connectivity index (χ2n) is 12.9. The number of hydrogen-bond acceptors (Lipinski definition) is 8. The Labute approximate surface area is 282 Å². The van der Waals surface area contributed by atoms with Gasteiger partial charge in [0.1, 0.15) is 12.1 Å². The van der Waals surface area contributed by atoms with Crippen molar-refractivity contribution in [3.63, 3.8) is 0 Å². The Balaban J connectivity index is 1.66. The highest BCUT2D eigenvalue weighted by Crippen LogP contribution is 2.14. The third-order valence-electron chi connectivity index (χ3n) is 7.68. The van der Waals surface area contributed by atoms with E-state index in [0.29, 0.717) is 24.2 Å². The summed E-state index contributed by atoms with van der Waals surface area (Å²) in [5.41, 5.74) is 8.31. The van der Waals surface area contributed by atoms with E-state index in [4.69, 9.17) is 5.73 Å². The Morgan fingerprint density at radius 3 is 2.12 bits per heavy atom. The van der Waals surface area contributed by atoms with E-state index >= 15 is 0 Å². The molecule has 3 rings (SSSR count). The molecular weight excluding hydrogens is 612 g/mol. The number of imidazole rings is 1. The van der Waals surface area contributed by atoms with Gasteiger partial charge < -0.3 is 37.1 Å². The zero-order valence-electron chi connectivity index (χ0n) is 28.2. The van der Waals surface area contributed by atoms with E-state index < -0.39 is 48.0 Å². The summed E-state index contributed by atoms with van der Waals surface area (Å²) in [4.78, 5) is 64.2. The number of nitrogens with zero attached hydrogens (tertiary/aromatic N) is 2. The molecule has 0 aliphatic heterocycles. The number of aliphatic hydroxyl groups excluding tert-OH is 1. The quantitative estimate of drug-likeness (QED) is 0.100. The molecule has 5 atom stereocenters. The van der Waals surface area contributed by atoms with Crippen LogP contribution in [0.1, 0.15) is 63.9 Å². The molecule has 13 heteroatoms. The Morgan fingerprint density at radius 2 is 1.50 bits per heavy atom. The highest BCUT2D eigenvalue weighted by molar-refractivity contribution is 5.90. The number of aromatic nitrogens is 3. The normalized spacial score (nSPS) is 14.4. The zero-order valence-corrected chi connectivity index (χ0v) is 28.2. The third-order valence-corrected chi connectivity index (χ3v) is 7.68. The van der Waals surface area contributed by atoms with Crippen LogP contribution in [0.3, 0.4) is 0 Å². The van der Waals surface area contributed by atoms with Gasteiger partial charge in [0.15, 0.2) is 0 Å². The summed E-state index contributed by atoms with van der Waals surface area (Å²) in [5.74, 6) is -1.78. The van der Waals surface area contributed by atoms with Gasteiger partial charge in [0.2, 0.25) is 23.6 Å². The third kappa shape index (κ3) is 13.2. The lowest BCUT2D eigenvalue weighted by Gasteiger charge is -2.29. The summed E-state index contributed by atoms with van der Waals surface area (Å²) in [6, 6.07) is 11.1. The van der Waals surface area contributed by atoms with E-state index in [2.05, 4.69) is 36.2 Å². The lowest BCUT2D eigenvalue weighted by molar-refractivity contribution is -0.132. The largest absolute Gasteiger partial charge is 0.390 e. The van der Waals surface area contributed by atoms with E-state index in [1.807, 2.05) is 64.1 Å². The van der Waals surface area contributed by atoms with Gasteiger partial charge in [-0.2, -0.15) is 0 Å². The average Bonchev–Trinajstić information content (AvgIpc) is 3.56. The van der Waals surface area contributed by atoms with Gasteiger partial charge in [-0.1, -0.05) is 64.1 Å². The van der Waals surface area contributed by atoms with Crippen molar-refractivity contribution in [3.05, 3.63) is 84.2 Å². The van der Waals surface area contributed by atoms with Crippen molar-refractivity contribution in [2.24, 2.45) is 17.6 Å². The molecule has 3 aromatic rings. The summed E-state index contributed by atoms with van der Waals surface area (Å²) >= 11 is 0. The summed E-state index contributed by atoms with van der Waals surface area (Å²) in [5, 5.41) is 22.4. The predicted molar refractivity (Wildman–Crippen MR) is 182 cm³/mol. The van der Waals surface area contributed by atoms with E-state index in [1.54, 1.807) is 24.5 Å². The van der Waals surface area contributed by atoms with E-state index in [9.17, 15) is 24.3 Å². The van der Waals surface area contributed by atoms with Crippen LogP contribution >= 0.6 is 0 Å². The maximum Gasteiger partial charge on any atom is 0.243 e. The first-order chi connectivity index (χ1) is 22.9. The minimum Gasteiger partial charge on any atom is -0.390 e. The standard InChI is InChI=1S/C35H50N8O5/c1-22(2)14-28(31(44)18-32(45)41-29(15-23(3)4)34(47)39-20-25-12-8-9-13-38-25)42-35(48)30(17-26-19-37-21-40-26)43-33(46)27(36)16-24-10-6-5-7-11-24/h5-13,19,21-23,27-31,44H,14-18,20,36H2,1-4H3,(H,37,40)(H,39,47)(H,41,45)(H,42,48)(H,43,46)/t27-,28-,29-,30-,31-/m0/s1. The van der Waals surface area contributed by atoms with Crippen LogP contribution in [-0.4, -0.2) is 74.0 Å². The number of rotatable bonds is 19. The first-order valence-corrected chi connectivity index (χ1v) is 16.4. The minimum atomic E-state index is -1.27. The Bertz CT molecular complexity index is 1420. The molecular formula is C35H50N8O5. The van der Waals surface area contributed by atoms with Crippen LogP contribution in [0.5, 0.6) is 0 Å². The van der Waals surface area contributed by atoms with Crippen LogP contribution in [-0.2, 0) is 38.6 Å². The highest BCUT2D eigenvalue weighted by Gasteiger charge is 2.31. The van der Waals surface area contributed by atoms with Gasteiger partial charge in [-0.25, -0.2) is 4.98 Å². The SMILES string of the molecule is CC(C)C[C@H](NC(=O)C[C@H](O)[C@H](CC(C)C)NC(=O)[C@H](Cc1c[nH]cn1)NC(=O)[C@@H](N)Cc1ccccc1)C(=O)NCc1ccccn1. The molecule has 0 saturated carbocycles. The molecule has 0 fully saturated rings. The van der Waals surface area contributed by atoms with Crippen LogP contribution in [0.4, 0.5) is 0 Å². The molecule has 0 spiro atoms. The first kappa shape index (κ1) is 37.8. The van der Waals surface area contributed by atoms with Gasteiger partial charge in [0.05, 0.1) is 48.9 Å². The fourth-order valence-electron chi connectivity index (χ4n) is 5.26. The average molecular weight is 663 g/mol. The molecule has 13 nitrogen and oxygen atoms in total. The number of aliphatic hydroxyl groups is 1. The van der Waals surface area contributed by atoms with E-state index in [0.717, 1.165) is 5.56 Å². The van der Waals surface area contributed by atoms with Crippen LogP contribution < -0.4 is 27.0 Å². The Kier molecular flexibility index (Phi) is 15.2.